The van der Waals surface area contributed by atoms with Crippen molar-refractivity contribution in [2.24, 2.45) is 0 Å². The molecule has 0 aliphatic carbocycles. The number of imide groups is 1. The zero-order chi connectivity index (χ0) is 21.7. The second-order valence-corrected chi connectivity index (χ2v) is 8.19. The lowest BCUT2D eigenvalue weighted by Gasteiger charge is -2.13. The highest BCUT2D eigenvalue weighted by Gasteiger charge is 2.34. The predicted molar refractivity (Wildman–Crippen MR) is 119 cm³/mol. The van der Waals surface area contributed by atoms with Gasteiger partial charge in [0.15, 0.2) is 0 Å². The summed E-state index contributed by atoms with van der Waals surface area (Å²) >= 11 is 12.7. The third kappa shape index (κ3) is 5.56. The van der Waals surface area contributed by atoms with E-state index in [0.29, 0.717) is 20.7 Å². The van der Waals surface area contributed by atoms with Gasteiger partial charge in [0.2, 0.25) is 5.91 Å². The molecule has 0 bridgehead atoms. The molecule has 1 aliphatic rings. The van der Waals surface area contributed by atoms with Crippen molar-refractivity contribution < 1.29 is 19.1 Å². The van der Waals surface area contributed by atoms with Crippen molar-refractivity contribution in [2.45, 2.75) is 6.42 Å². The number of amides is 3. The van der Waals surface area contributed by atoms with Crippen molar-refractivity contribution in [3.8, 4) is 5.75 Å². The van der Waals surface area contributed by atoms with Crippen LogP contribution in [0, 0.1) is 0 Å². The first-order valence-corrected chi connectivity index (χ1v) is 10.5. The molecule has 0 unspecified atom stereocenters. The van der Waals surface area contributed by atoms with Gasteiger partial charge in [0.25, 0.3) is 11.1 Å². The van der Waals surface area contributed by atoms with Crippen LogP contribution in [0.2, 0.25) is 10.0 Å². The number of hydrogen-bond donors (Lipinski definition) is 1. The highest BCUT2D eigenvalue weighted by atomic mass is 35.5. The van der Waals surface area contributed by atoms with Crippen LogP contribution in [0.25, 0.3) is 6.08 Å². The van der Waals surface area contributed by atoms with Gasteiger partial charge in [0.05, 0.1) is 28.5 Å². The molecule has 156 valence electrons. The normalized spacial score (nSPS) is 15.0. The second kappa shape index (κ2) is 10.0. The van der Waals surface area contributed by atoms with Gasteiger partial charge in [0, 0.05) is 13.1 Å². The maximum Gasteiger partial charge on any atom is 0.293 e. The van der Waals surface area contributed by atoms with E-state index in [1.54, 1.807) is 55.7 Å². The number of benzene rings is 2. The topological polar surface area (TPSA) is 75.7 Å². The summed E-state index contributed by atoms with van der Waals surface area (Å²) in [6.07, 6.45) is 1.78. The predicted octanol–water partition coefficient (Wildman–Crippen LogP) is 4.40. The fraction of sp³-hybridized carbons (Fsp3) is 0.190. The van der Waals surface area contributed by atoms with Crippen molar-refractivity contribution in [2.75, 3.05) is 20.2 Å². The van der Waals surface area contributed by atoms with Gasteiger partial charge < -0.3 is 10.1 Å². The first-order valence-electron chi connectivity index (χ1n) is 8.97. The Morgan fingerprint density at radius 3 is 2.53 bits per heavy atom. The molecule has 9 heteroatoms. The molecular formula is C21H18Cl2N2O4S. The van der Waals surface area contributed by atoms with Crippen LogP contribution >= 0.6 is 35.0 Å². The molecule has 2 aromatic rings. The summed E-state index contributed by atoms with van der Waals surface area (Å²) in [6.45, 7) is 0.256. The van der Waals surface area contributed by atoms with Crippen molar-refractivity contribution in [1.29, 1.82) is 0 Å². The van der Waals surface area contributed by atoms with Gasteiger partial charge in [-0.05, 0) is 53.2 Å². The third-order valence-electron chi connectivity index (χ3n) is 4.29. The quantitative estimate of drug-likeness (QED) is 0.614. The summed E-state index contributed by atoms with van der Waals surface area (Å²) in [5.41, 5.74) is 1.51. The summed E-state index contributed by atoms with van der Waals surface area (Å²) < 4.78 is 5.10. The number of hydrogen-bond acceptors (Lipinski definition) is 5. The number of ether oxygens (including phenoxy) is 1. The van der Waals surface area contributed by atoms with Crippen LogP contribution in [-0.2, 0) is 16.0 Å². The van der Waals surface area contributed by atoms with Gasteiger partial charge in [0.1, 0.15) is 5.75 Å². The van der Waals surface area contributed by atoms with Gasteiger partial charge in [-0.3, -0.25) is 19.3 Å². The Labute approximate surface area is 188 Å². The average molecular weight is 465 g/mol. The lowest BCUT2D eigenvalue weighted by molar-refractivity contribution is -0.124. The number of methoxy groups -OCH3 is 1. The molecule has 0 saturated carbocycles. The second-order valence-electron chi connectivity index (χ2n) is 6.38. The van der Waals surface area contributed by atoms with Gasteiger partial charge in [-0.2, -0.15) is 0 Å². The Morgan fingerprint density at radius 2 is 1.87 bits per heavy atom. The van der Waals surface area contributed by atoms with E-state index in [2.05, 4.69) is 5.32 Å². The number of rotatable bonds is 7. The Kier molecular flexibility index (Phi) is 7.42. The summed E-state index contributed by atoms with van der Waals surface area (Å²) in [6, 6.07) is 12.1. The van der Waals surface area contributed by atoms with Gasteiger partial charge >= 0.3 is 0 Å². The molecule has 1 saturated heterocycles. The van der Waals surface area contributed by atoms with Gasteiger partial charge in [-0.15, -0.1) is 0 Å². The Morgan fingerprint density at radius 1 is 1.13 bits per heavy atom. The number of carbonyl (C=O) groups excluding carboxylic acids is 3. The van der Waals surface area contributed by atoms with Gasteiger partial charge in [-0.25, -0.2) is 0 Å². The highest BCUT2D eigenvalue weighted by Crippen LogP contribution is 2.32. The van der Waals surface area contributed by atoms with Crippen LogP contribution in [0.5, 0.6) is 5.75 Å². The summed E-state index contributed by atoms with van der Waals surface area (Å²) in [7, 11) is 1.57. The zero-order valence-corrected chi connectivity index (χ0v) is 18.3. The van der Waals surface area contributed by atoms with E-state index in [1.165, 1.54) is 0 Å². The van der Waals surface area contributed by atoms with Crippen molar-refractivity contribution in [3.05, 3.63) is 68.5 Å². The molecule has 0 radical (unpaired) electrons. The standard InChI is InChI=1S/C21H18Cl2N2O4S/c1-29-15-5-2-13(3-6-15)11-18-20(27)25(21(28)30-18)9-8-24-19(26)12-14-4-7-16(22)17(23)10-14/h2-7,10-11H,8-9,12H2,1H3,(H,24,26). The van der Waals surface area contributed by atoms with Crippen LogP contribution < -0.4 is 10.1 Å². The highest BCUT2D eigenvalue weighted by molar-refractivity contribution is 8.18. The molecule has 0 atom stereocenters. The van der Waals surface area contributed by atoms with Crippen LogP contribution in [0.1, 0.15) is 11.1 Å². The lowest BCUT2D eigenvalue weighted by Crippen LogP contribution is -2.37. The van der Waals surface area contributed by atoms with Crippen LogP contribution in [0.4, 0.5) is 4.79 Å². The van der Waals surface area contributed by atoms with Crippen LogP contribution in [0.3, 0.4) is 0 Å². The fourth-order valence-corrected chi connectivity index (χ4v) is 3.93. The number of carbonyl (C=O) groups is 3. The van der Waals surface area contributed by atoms with E-state index in [4.69, 9.17) is 27.9 Å². The molecule has 1 aliphatic heterocycles. The van der Waals surface area contributed by atoms with E-state index >= 15 is 0 Å². The molecule has 1 heterocycles. The van der Waals surface area contributed by atoms with E-state index in [0.717, 1.165) is 27.8 Å². The van der Waals surface area contributed by atoms with E-state index in [1.807, 2.05) is 0 Å². The summed E-state index contributed by atoms with van der Waals surface area (Å²) in [4.78, 5) is 38.3. The first kappa shape index (κ1) is 22.2. The minimum atomic E-state index is -0.375. The molecule has 2 aromatic carbocycles. The average Bonchev–Trinajstić information content (AvgIpc) is 2.98. The Hall–Kier alpha value is -2.48. The monoisotopic (exact) mass is 464 g/mol. The van der Waals surface area contributed by atoms with E-state index in [-0.39, 0.29) is 36.6 Å². The van der Waals surface area contributed by atoms with E-state index < -0.39 is 0 Å². The van der Waals surface area contributed by atoms with E-state index in [9.17, 15) is 14.4 Å². The molecule has 1 N–H and O–H groups in total. The molecular weight excluding hydrogens is 447 g/mol. The number of thioether (sulfide) groups is 1. The van der Waals surface area contributed by atoms with Crippen molar-refractivity contribution in [3.63, 3.8) is 0 Å². The Balaban J connectivity index is 1.53. The number of nitrogens with zero attached hydrogens (tertiary/aromatic N) is 1. The van der Waals surface area contributed by atoms with Crippen molar-refractivity contribution in [1.82, 2.24) is 10.2 Å². The zero-order valence-electron chi connectivity index (χ0n) is 16.0. The lowest BCUT2D eigenvalue weighted by atomic mass is 10.1. The molecule has 1 fully saturated rings. The molecule has 3 amide bonds. The maximum absolute atomic E-state index is 12.5. The van der Waals surface area contributed by atoms with Gasteiger partial charge in [-0.1, -0.05) is 41.4 Å². The number of halogens is 2. The Bertz CT molecular complexity index is 1010. The number of nitrogens with one attached hydrogen (secondary N) is 1. The summed E-state index contributed by atoms with van der Waals surface area (Å²) in [5.74, 6) is 0.0885. The third-order valence-corrected chi connectivity index (χ3v) is 5.94. The molecule has 0 spiro atoms. The SMILES string of the molecule is COc1ccc(C=C2SC(=O)N(CCNC(=O)Cc3ccc(Cl)c(Cl)c3)C2=O)cc1. The van der Waals surface area contributed by atoms with Crippen molar-refractivity contribution >= 4 is 58.1 Å². The molecule has 6 nitrogen and oxygen atoms in total. The first-order chi connectivity index (χ1) is 14.4. The minimum Gasteiger partial charge on any atom is -0.497 e. The molecule has 3 rings (SSSR count). The smallest absolute Gasteiger partial charge is 0.293 e. The molecule has 30 heavy (non-hydrogen) atoms. The van der Waals surface area contributed by atoms with Crippen LogP contribution in [0.15, 0.2) is 47.4 Å². The minimum absolute atomic E-state index is 0.0950. The van der Waals surface area contributed by atoms with Crippen LogP contribution in [-0.4, -0.2) is 42.2 Å². The maximum atomic E-state index is 12.5. The largest absolute Gasteiger partial charge is 0.497 e. The summed E-state index contributed by atoms with van der Waals surface area (Å²) in [5, 5.41) is 3.14. The fourth-order valence-electron chi connectivity index (χ4n) is 2.75. The molecule has 0 aromatic heterocycles.